The molecule has 0 fully saturated rings. The van der Waals surface area contributed by atoms with E-state index in [4.69, 9.17) is 10.9 Å². The fraction of sp³-hybridized carbons (Fsp3) is 0.417. The summed E-state index contributed by atoms with van der Waals surface area (Å²) in [5, 5.41) is 6.90. The summed E-state index contributed by atoms with van der Waals surface area (Å²) in [6, 6.07) is 0.397. The molecule has 0 atom stereocenters. The Balaban J connectivity index is 1.98. The van der Waals surface area contributed by atoms with Gasteiger partial charge >= 0.3 is 6.01 Å². The summed E-state index contributed by atoms with van der Waals surface area (Å²) in [5.74, 6) is 4.33. The molecule has 0 unspecified atom stereocenters. The average molecular weight is 245 g/mol. The van der Waals surface area contributed by atoms with Crippen LogP contribution in [-0.4, -0.2) is 19.7 Å². The number of rotatable bonds is 5. The minimum Gasteiger partial charge on any atom is -0.331 e. The number of aromatic nitrogens is 4. The maximum absolute atomic E-state index is 5.27. The lowest BCUT2D eigenvalue weighted by atomic mass is 10.2. The van der Waals surface area contributed by atoms with Crippen LogP contribution in [0.2, 0.25) is 0 Å². The number of hydrogen-bond donors (Lipinski definition) is 1. The van der Waals surface area contributed by atoms with E-state index in [0.29, 0.717) is 24.9 Å². The Morgan fingerprint density at radius 3 is 3.06 bits per heavy atom. The van der Waals surface area contributed by atoms with Gasteiger partial charge in [-0.15, -0.1) is 6.42 Å². The number of hydrogen-bond acceptors (Lipinski definition) is 5. The van der Waals surface area contributed by atoms with Crippen LogP contribution >= 0.6 is 0 Å². The van der Waals surface area contributed by atoms with Crippen molar-refractivity contribution in [2.75, 3.05) is 5.32 Å². The summed E-state index contributed by atoms with van der Waals surface area (Å²) in [5.41, 5.74) is 0. The molecule has 18 heavy (non-hydrogen) atoms. The maximum Gasteiger partial charge on any atom is 0.321 e. The van der Waals surface area contributed by atoms with E-state index in [1.807, 2.05) is 24.6 Å². The van der Waals surface area contributed by atoms with E-state index in [2.05, 4.69) is 26.4 Å². The molecule has 2 aromatic rings. The Bertz CT molecular complexity index is 549. The van der Waals surface area contributed by atoms with Crippen molar-refractivity contribution in [2.24, 2.45) is 0 Å². The summed E-state index contributed by atoms with van der Waals surface area (Å²) in [4.78, 5) is 8.43. The summed E-state index contributed by atoms with van der Waals surface area (Å²) in [7, 11) is 0. The van der Waals surface area contributed by atoms with E-state index in [-0.39, 0.29) is 5.92 Å². The van der Waals surface area contributed by atoms with Crippen LogP contribution in [0.3, 0.4) is 0 Å². The molecule has 0 amide bonds. The predicted octanol–water partition coefficient (Wildman–Crippen LogP) is 1.63. The molecule has 0 saturated heterocycles. The van der Waals surface area contributed by atoms with Crippen LogP contribution in [0.25, 0.3) is 0 Å². The minimum absolute atomic E-state index is 0.243. The molecule has 0 radical (unpaired) electrons. The largest absolute Gasteiger partial charge is 0.331 e. The van der Waals surface area contributed by atoms with Crippen molar-refractivity contribution in [3.63, 3.8) is 0 Å². The first-order valence-electron chi connectivity index (χ1n) is 5.71. The highest BCUT2D eigenvalue weighted by Crippen LogP contribution is 2.13. The third-order valence-corrected chi connectivity index (χ3v) is 2.42. The second-order valence-electron chi connectivity index (χ2n) is 4.14. The quantitative estimate of drug-likeness (QED) is 0.811. The fourth-order valence-electron chi connectivity index (χ4n) is 1.45. The molecule has 1 N–H and O–H groups in total. The fourth-order valence-corrected chi connectivity index (χ4v) is 1.45. The van der Waals surface area contributed by atoms with Crippen molar-refractivity contribution in [2.45, 2.75) is 32.9 Å². The lowest BCUT2D eigenvalue weighted by molar-refractivity contribution is 0.418. The van der Waals surface area contributed by atoms with Crippen molar-refractivity contribution in [1.82, 2.24) is 19.7 Å². The first kappa shape index (κ1) is 12.2. The molecule has 2 rings (SSSR count). The topological polar surface area (TPSA) is 68.8 Å². The number of imidazole rings is 1. The predicted molar refractivity (Wildman–Crippen MR) is 66.8 cm³/mol. The van der Waals surface area contributed by atoms with Crippen molar-refractivity contribution < 1.29 is 4.52 Å². The van der Waals surface area contributed by atoms with Crippen molar-refractivity contribution in [3.05, 3.63) is 24.0 Å². The first-order valence-corrected chi connectivity index (χ1v) is 5.71. The Hall–Kier alpha value is -2.29. The molecule has 0 bridgehead atoms. The van der Waals surface area contributed by atoms with Gasteiger partial charge in [0.2, 0.25) is 0 Å². The molecule has 0 saturated carbocycles. The summed E-state index contributed by atoms with van der Waals surface area (Å²) < 4.78 is 6.96. The zero-order chi connectivity index (χ0) is 13.0. The van der Waals surface area contributed by atoms with E-state index in [1.54, 1.807) is 6.20 Å². The van der Waals surface area contributed by atoms with Crippen LogP contribution < -0.4 is 5.32 Å². The van der Waals surface area contributed by atoms with Gasteiger partial charge in [0.1, 0.15) is 5.82 Å². The van der Waals surface area contributed by atoms with Crippen LogP contribution in [0.1, 0.15) is 31.4 Å². The van der Waals surface area contributed by atoms with Gasteiger partial charge in [0.15, 0.2) is 5.82 Å². The van der Waals surface area contributed by atoms with Gasteiger partial charge in [0.05, 0.1) is 13.1 Å². The van der Waals surface area contributed by atoms with Crippen LogP contribution in [0.4, 0.5) is 6.01 Å². The third-order valence-electron chi connectivity index (χ3n) is 2.42. The molecule has 6 nitrogen and oxygen atoms in total. The summed E-state index contributed by atoms with van der Waals surface area (Å²) in [6.45, 7) is 5.01. The molecule has 0 aliphatic heterocycles. The van der Waals surface area contributed by atoms with Crippen LogP contribution in [-0.2, 0) is 13.1 Å². The van der Waals surface area contributed by atoms with E-state index >= 15 is 0 Å². The highest BCUT2D eigenvalue weighted by molar-refractivity contribution is 5.20. The zero-order valence-corrected chi connectivity index (χ0v) is 10.4. The van der Waals surface area contributed by atoms with E-state index in [0.717, 1.165) is 5.82 Å². The minimum atomic E-state index is 0.243. The van der Waals surface area contributed by atoms with Gasteiger partial charge in [-0.2, -0.15) is 4.98 Å². The van der Waals surface area contributed by atoms with E-state index in [1.165, 1.54) is 0 Å². The zero-order valence-electron chi connectivity index (χ0n) is 10.4. The first-order chi connectivity index (χ1) is 8.70. The van der Waals surface area contributed by atoms with Crippen molar-refractivity contribution >= 4 is 6.01 Å². The highest BCUT2D eigenvalue weighted by atomic mass is 16.5. The molecule has 0 spiro atoms. The van der Waals surface area contributed by atoms with Gasteiger partial charge in [-0.25, -0.2) is 4.98 Å². The van der Waals surface area contributed by atoms with Gasteiger partial charge in [-0.3, -0.25) is 0 Å². The molecule has 6 heteroatoms. The summed E-state index contributed by atoms with van der Waals surface area (Å²) in [6.07, 6.45) is 8.82. The lowest BCUT2D eigenvalue weighted by Gasteiger charge is -2.03. The Morgan fingerprint density at radius 1 is 1.56 bits per heavy atom. The van der Waals surface area contributed by atoms with Gasteiger partial charge in [-0.1, -0.05) is 24.9 Å². The monoisotopic (exact) mass is 245 g/mol. The molecular weight excluding hydrogens is 230 g/mol. The third kappa shape index (κ3) is 2.69. The maximum atomic E-state index is 5.27. The molecule has 0 aliphatic carbocycles. The average Bonchev–Trinajstić information content (AvgIpc) is 2.95. The van der Waals surface area contributed by atoms with Gasteiger partial charge in [0, 0.05) is 18.3 Å². The molecule has 0 aromatic carbocycles. The Labute approximate surface area is 105 Å². The number of anilines is 1. The molecule has 94 valence electrons. The molecular formula is C12H15N5O. The van der Waals surface area contributed by atoms with E-state index in [9.17, 15) is 0 Å². The number of terminal acetylenes is 1. The standard InChI is InChI=1S/C12H15N5O/c1-4-6-17-7-5-13-10(17)8-14-12-15-11(9(2)3)16-18-12/h1,5,7,9H,6,8H2,2-3H3,(H,14,15,16). The second kappa shape index (κ2) is 5.36. The van der Waals surface area contributed by atoms with Crippen LogP contribution in [0.5, 0.6) is 0 Å². The SMILES string of the molecule is C#CCn1ccnc1CNc1nc(C(C)C)no1. The van der Waals surface area contributed by atoms with Crippen molar-refractivity contribution in [1.29, 1.82) is 0 Å². The molecule has 2 aromatic heterocycles. The van der Waals surface area contributed by atoms with Crippen molar-refractivity contribution in [3.8, 4) is 12.3 Å². The molecule has 0 aliphatic rings. The van der Waals surface area contributed by atoms with Crippen LogP contribution in [0, 0.1) is 12.3 Å². The number of nitrogens with zero attached hydrogens (tertiary/aromatic N) is 4. The summed E-state index contributed by atoms with van der Waals surface area (Å²) >= 11 is 0. The normalized spacial score (nSPS) is 10.6. The molecule has 2 heterocycles. The van der Waals surface area contributed by atoms with E-state index < -0.39 is 0 Å². The smallest absolute Gasteiger partial charge is 0.321 e. The van der Waals surface area contributed by atoms with Gasteiger partial charge < -0.3 is 14.4 Å². The Kier molecular flexibility index (Phi) is 3.63. The second-order valence-corrected chi connectivity index (χ2v) is 4.14. The highest BCUT2D eigenvalue weighted by Gasteiger charge is 2.10. The van der Waals surface area contributed by atoms with Crippen LogP contribution in [0.15, 0.2) is 16.9 Å². The number of nitrogens with one attached hydrogen (secondary N) is 1. The lowest BCUT2D eigenvalue weighted by Crippen LogP contribution is -2.08. The van der Waals surface area contributed by atoms with Gasteiger partial charge in [0.25, 0.3) is 0 Å². The Morgan fingerprint density at radius 2 is 2.39 bits per heavy atom. The van der Waals surface area contributed by atoms with Gasteiger partial charge in [-0.05, 0) is 0 Å².